The SMILES string of the molecule is Cc1cccc(COc2c(I)cc(/C=C3\NC(=O)N(Cc4ccc(Cl)cc4)C3=O)cc2I)c1. The summed E-state index contributed by atoms with van der Waals surface area (Å²) < 4.78 is 7.92. The average molecular weight is 685 g/mol. The molecule has 1 heterocycles. The van der Waals surface area contributed by atoms with Gasteiger partial charge in [-0.25, -0.2) is 4.79 Å². The van der Waals surface area contributed by atoms with Gasteiger partial charge >= 0.3 is 6.03 Å². The Morgan fingerprint density at radius 1 is 1.00 bits per heavy atom. The molecule has 0 spiro atoms. The Labute approximate surface area is 224 Å². The molecule has 33 heavy (non-hydrogen) atoms. The predicted molar refractivity (Wildman–Crippen MR) is 146 cm³/mol. The van der Waals surface area contributed by atoms with Gasteiger partial charge in [-0.1, -0.05) is 53.6 Å². The van der Waals surface area contributed by atoms with Crippen molar-refractivity contribution in [2.45, 2.75) is 20.1 Å². The Morgan fingerprint density at radius 2 is 1.70 bits per heavy atom. The van der Waals surface area contributed by atoms with Gasteiger partial charge < -0.3 is 10.1 Å². The normalized spacial score (nSPS) is 14.7. The number of hydrogen-bond donors (Lipinski definition) is 1. The van der Waals surface area contributed by atoms with E-state index in [2.05, 4.69) is 69.6 Å². The first-order chi connectivity index (χ1) is 15.8. The first-order valence-corrected chi connectivity index (χ1v) is 12.6. The summed E-state index contributed by atoms with van der Waals surface area (Å²) in [4.78, 5) is 26.4. The number of halogens is 3. The topological polar surface area (TPSA) is 58.6 Å². The van der Waals surface area contributed by atoms with Crippen LogP contribution in [-0.2, 0) is 17.9 Å². The van der Waals surface area contributed by atoms with E-state index in [9.17, 15) is 9.59 Å². The summed E-state index contributed by atoms with van der Waals surface area (Å²) in [6.07, 6.45) is 1.69. The van der Waals surface area contributed by atoms with E-state index < -0.39 is 6.03 Å². The zero-order valence-corrected chi connectivity index (χ0v) is 22.6. The maximum atomic E-state index is 12.8. The molecule has 1 N–H and O–H groups in total. The number of urea groups is 1. The van der Waals surface area contributed by atoms with E-state index in [1.165, 1.54) is 10.5 Å². The summed E-state index contributed by atoms with van der Waals surface area (Å²) in [5.74, 6) is 0.436. The number of nitrogens with zero attached hydrogens (tertiary/aromatic N) is 1. The van der Waals surface area contributed by atoms with Gasteiger partial charge in [0, 0.05) is 5.02 Å². The van der Waals surface area contributed by atoms with Crippen molar-refractivity contribution < 1.29 is 14.3 Å². The van der Waals surface area contributed by atoms with Crippen LogP contribution in [0.3, 0.4) is 0 Å². The molecule has 1 aliphatic heterocycles. The van der Waals surface area contributed by atoms with Crippen molar-refractivity contribution in [2.24, 2.45) is 0 Å². The molecule has 1 aliphatic rings. The van der Waals surface area contributed by atoms with Crippen LogP contribution in [0.15, 0.2) is 66.4 Å². The maximum absolute atomic E-state index is 12.8. The third-order valence-corrected chi connectivity index (χ3v) is 6.87. The van der Waals surface area contributed by atoms with Crippen molar-refractivity contribution in [1.82, 2.24) is 10.2 Å². The van der Waals surface area contributed by atoms with Crippen LogP contribution in [0.1, 0.15) is 22.3 Å². The summed E-state index contributed by atoms with van der Waals surface area (Å²) in [7, 11) is 0. The summed E-state index contributed by atoms with van der Waals surface area (Å²) >= 11 is 10.4. The molecule has 3 aromatic rings. The van der Waals surface area contributed by atoms with E-state index >= 15 is 0 Å². The summed E-state index contributed by atoms with van der Waals surface area (Å²) in [6.45, 7) is 2.71. The van der Waals surface area contributed by atoms with Crippen molar-refractivity contribution >= 4 is 74.8 Å². The summed E-state index contributed by atoms with van der Waals surface area (Å²) in [6, 6.07) is 18.7. The monoisotopic (exact) mass is 684 g/mol. The van der Waals surface area contributed by atoms with Gasteiger partial charge in [0.1, 0.15) is 18.1 Å². The average Bonchev–Trinajstić information content (AvgIpc) is 3.02. The molecule has 0 saturated carbocycles. The molecule has 3 amide bonds. The van der Waals surface area contributed by atoms with Gasteiger partial charge in [0.15, 0.2) is 0 Å². The molecule has 0 radical (unpaired) electrons. The minimum atomic E-state index is -0.441. The Kier molecular flexibility index (Phi) is 7.60. The van der Waals surface area contributed by atoms with Crippen LogP contribution in [0.25, 0.3) is 6.08 Å². The van der Waals surface area contributed by atoms with E-state index in [0.717, 1.165) is 29.6 Å². The quantitative estimate of drug-likeness (QED) is 0.183. The van der Waals surface area contributed by atoms with Crippen molar-refractivity contribution in [3.05, 3.63) is 101 Å². The predicted octanol–water partition coefficient (Wildman–Crippen LogP) is 6.53. The molecular formula is C25H19ClI2N2O3. The number of rotatable bonds is 6. The van der Waals surface area contributed by atoms with Crippen molar-refractivity contribution in [2.75, 3.05) is 0 Å². The zero-order chi connectivity index (χ0) is 23.5. The van der Waals surface area contributed by atoms with Gasteiger partial charge in [-0.2, -0.15) is 0 Å². The second-order valence-corrected chi connectivity index (χ2v) is 10.4. The lowest BCUT2D eigenvalue weighted by Crippen LogP contribution is -2.30. The smallest absolute Gasteiger partial charge is 0.329 e. The number of amides is 3. The molecule has 1 fully saturated rings. The van der Waals surface area contributed by atoms with Gasteiger partial charge in [0.25, 0.3) is 5.91 Å². The first-order valence-electron chi connectivity index (χ1n) is 10.1. The minimum absolute atomic E-state index is 0.181. The lowest BCUT2D eigenvalue weighted by molar-refractivity contribution is -0.123. The van der Waals surface area contributed by atoms with E-state index in [4.69, 9.17) is 16.3 Å². The molecule has 0 aromatic heterocycles. The van der Waals surface area contributed by atoms with Crippen molar-refractivity contribution in [3.8, 4) is 5.75 Å². The Morgan fingerprint density at radius 3 is 2.36 bits per heavy atom. The molecule has 1 saturated heterocycles. The molecule has 4 rings (SSSR count). The van der Waals surface area contributed by atoms with Crippen LogP contribution in [0, 0.1) is 14.1 Å². The molecule has 0 aliphatic carbocycles. The van der Waals surface area contributed by atoms with Crippen LogP contribution in [0.2, 0.25) is 5.02 Å². The molecule has 5 nitrogen and oxygen atoms in total. The molecule has 0 unspecified atom stereocenters. The number of carbonyl (C=O) groups is 2. The second kappa shape index (κ2) is 10.4. The fourth-order valence-corrected chi connectivity index (χ4v) is 5.67. The van der Waals surface area contributed by atoms with Crippen molar-refractivity contribution in [3.63, 3.8) is 0 Å². The van der Waals surface area contributed by atoms with Crippen LogP contribution in [-0.4, -0.2) is 16.8 Å². The van der Waals surface area contributed by atoms with Crippen LogP contribution >= 0.6 is 56.8 Å². The standard InChI is InChI=1S/C25H19ClI2N2O3/c1-15-3-2-4-17(9-15)14-33-23-20(27)10-18(11-21(23)28)12-22-24(31)30(25(32)29-22)13-16-5-7-19(26)8-6-16/h2-12H,13-14H2,1H3,(H,29,32)/b22-12-. The largest absolute Gasteiger partial charge is 0.487 e. The van der Waals surface area contributed by atoms with Crippen LogP contribution in [0.4, 0.5) is 4.79 Å². The summed E-state index contributed by atoms with van der Waals surface area (Å²) in [5.41, 5.74) is 4.17. The fourth-order valence-electron chi connectivity index (χ4n) is 3.41. The number of hydrogen-bond acceptors (Lipinski definition) is 3. The van der Waals surface area contributed by atoms with Gasteiger partial charge in [-0.15, -0.1) is 0 Å². The van der Waals surface area contributed by atoms with Crippen LogP contribution < -0.4 is 10.1 Å². The van der Waals surface area contributed by atoms with Crippen molar-refractivity contribution in [1.29, 1.82) is 0 Å². The number of benzene rings is 3. The lowest BCUT2D eigenvalue weighted by Gasteiger charge is -2.12. The highest BCUT2D eigenvalue weighted by Gasteiger charge is 2.33. The Hall–Kier alpha value is -2.11. The molecule has 8 heteroatoms. The molecular weight excluding hydrogens is 666 g/mol. The second-order valence-electron chi connectivity index (χ2n) is 7.60. The Bertz CT molecular complexity index is 1240. The van der Waals surface area contributed by atoms with Gasteiger partial charge in [0.05, 0.1) is 13.7 Å². The van der Waals surface area contributed by atoms with Crippen LogP contribution in [0.5, 0.6) is 5.75 Å². The number of aryl methyl sites for hydroxylation is 1. The zero-order valence-electron chi connectivity index (χ0n) is 17.6. The molecule has 3 aromatic carbocycles. The number of imide groups is 1. The van der Waals surface area contributed by atoms with E-state index in [1.807, 2.05) is 24.3 Å². The maximum Gasteiger partial charge on any atom is 0.329 e. The molecule has 0 atom stereocenters. The van der Waals surface area contributed by atoms with E-state index in [-0.39, 0.29) is 18.1 Å². The van der Waals surface area contributed by atoms with E-state index in [0.29, 0.717) is 11.6 Å². The third-order valence-electron chi connectivity index (χ3n) is 5.01. The highest BCUT2D eigenvalue weighted by Crippen LogP contribution is 2.31. The third kappa shape index (κ3) is 5.88. The van der Waals surface area contributed by atoms with Gasteiger partial charge in [0.2, 0.25) is 0 Å². The number of ether oxygens (including phenoxy) is 1. The van der Waals surface area contributed by atoms with Gasteiger partial charge in [-0.05, 0) is 99.1 Å². The number of carbonyl (C=O) groups excluding carboxylic acids is 2. The molecule has 168 valence electrons. The molecule has 0 bridgehead atoms. The first kappa shape index (κ1) is 24.0. The van der Waals surface area contributed by atoms with E-state index in [1.54, 1.807) is 30.3 Å². The lowest BCUT2D eigenvalue weighted by atomic mass is 10.1. The highest BCUT2D eigenvalue weighted by molar-refractivity contribution is 14.1. The highest BCUT2D eigenvalue weighted by atomic mass is 127. The summed E-state index contributed by atoms with van der Waals surface area (Å²) in [5, 5.41) is 3.28. The van der Waals surface area contributed by atoms with Gasteiger partial charge in [-0.3, -0.25) is 9.69 Å². The minimum Gasteiger partial charge on any atom is -0.487 e. The number of nitrogens with one attached hydrogen (secondary N) is 1. The Balaban J connectivity index is 1.49. The fraction of sp³-hybridized carbons (Fsp3) is 0.120.